The fourth-order valence-corrected chi connectivity index (χ4v) is 1.43. The predicted molar refractivity (Wildman–Crippen MR) is 49.8 cm³/mol. The quantitative estimate of drug-likeness (QED) is 0.702. The molecule has 0 spiro atoms. The highest BCUT2D eigenvalue weighted by atomic mass is 19.1. The van der Waals surface area contributed by atoms with Crippen LogP contribution in [0.2, 0.25) is 0 Å². The SMILES string of the molecule is N#Cc1ccc(F)cc1N1CCOC1=O. The summed E-state index contributed by atoms with van der Waals surface area (Å²) < 4.78 is 17.7. The van der Waals surface area contributed by atoms with Crippen molar-refractivity contribution in [3.05, 3.63) is 29.6 Å². The highest BCUT2D eigenvalue weighted by Gasteiger charge is 2.25. The van der Waals surface area contributed by atoms with Crippen LogP contribution in [0.3, 0.4) is 0 Å². The number of cyclic esters (lactones) is 1. The summed E-state index contributed by atoms with van der Waals surface area (Å²) in [6, 6.07) is 5.59. The Hall–Kier alpha value is -2.09. The van der Waals surface area contributed by atoms with E-state index in [0.717, 1.165) is 6.07 Å². The second-order valence-corrected chi connectivity index (χ2v) is 3.04. The number of nitrogens with zero attached hydrogens (tertiary/aromatic N) is 2. The first-order valence-electron chi connectivity index (χ1n) is 4.36. The highest BCUT2D eigenvalue weighted by Crippen LogP contribution is 2.23. The van der Waals surface area contributed by atoms with Crippen molar-refractivity contribution in [2.75, 3.05) is 18.1 Å². The summed E-state index contributed by atoms with van der Waals surface area (Å²) in [5, 5.41) is 8.80. The number of amides is 1. The first-order chi connectivity index (χ1) is 7.22. The van der Waals surface area contributed by atoms with Crippen LogP contribution in [0.1, 0.15) is 5.56 Å². The topological polar surface area (TPSA) is 53.3 Å². The minimum Gasteiger partial charge on any atom is -0.447 e. The molecule has 1 amide bonds. The van der Waals surface area contributed by atoms with Crippen molar-refractivity contribution in [1.82, 2.24) is 0 Å². The van der Waals surface area contributed by atoms with Gasteiger partial charge in [-0.1, -0.05) is 0 Å². The number of hydrogen-bond donors (Lipinski definition) is 0. The normalized spacial score (nSPS) is 14.9. The number of carbonyl (C=O) groups excluding carboxylic acids is 1. The van der Waals surface area contributed by atoms with Crippen LogP contribution in [-0.2, 0) is 4.74 Å². The van der Waals surface area contributed by atoms with Gasteiger partial charge in [0.15, 0.2) is 0 Å². The van der Waals surface area contributed by atoms with Crippen LogP contribution in [0.25, 0.3) is 0 Å². The Labute approximate surface area is 85.5 Å². The van der Waals surface area contributed by atoms with Gasteiger partial charge in [0.1, 0.15) is 18.5 Å². The molecule has 1 saturated heterocycles. The summed E-state index contributed by atoms with van der Waals surface area (Å²) in [5.41, 5.74) is 0.523. The standard InChI is InChI=1S/C10H7FN2O2/c11-8-2-1-7(6-12)9(5-8)13-3-4-15-10(13)14/h1-2,5H,3-4H2. The minimum atomic E-state index is -0.544. The molecule has 1 heterocycles. The number of nitriles is 1. The van der Waals surface area contributed by atoms with Crippen molar-refractivity contribution in [3.63, 3.8) is 0 Å². The third kappa shape index (κ3) is 1.62. The molecule has 0 radical (unpaired) electrons. The van der Waals surface area contributed by atoms with Crippen LogP contribution in [-0.4, -0.2) is 19.2 Å². The van der Waals surface area contributed by atoms with Gasteiger partial charge in [-0.2, -0.15) is 5.26 Å². The minimum absolute atomic E-state index is 0.259. The summed E-state index contributed by atoms with van der Waals surface area (Å²) in [6.07, 6.45) is -0.544. The van der Waals surface area contributed by atoms with E-state index >= 15 is 0 Å². The number of hydrogen-bond acceptors (Lipinski definition) is 3. The Morgan fingerprint density at radius 1 is 1.53 bits per heavy atom. The molecule has 0 unspecified atom stereocenters. The first kappa shape index (κ1) is 9.46. The monoisotopic (exact) mass is 206 g/mol. The van der Waals surface area contributed by atoms with E-state index in [2.05, 4.69) is 0 Å². The smallest absolute Gasteiger partial charge is 0.414 e. The molecule has 0 N–H and O–H groups in total. The third-order valence-corrected chi connectivity index (χ3v) is 2.13. The van der Waals surface area contributed by atoms with Gasteiger partial charge in [-0.05, 0) is 18.2 Å². The second-order valence-electron chi connectivity index (χ2n) is 3.04. The summed E-state index contributed by atoms with van der Waals surface area (Å²) >= 11 is 0. The molecule has 1 aliphatic rings. The van der Waals surface area contributed by atoms with Crippen LogP contribution >= 0.6 is 0 Å². The Morgan fingerprint density at radius 3 is 2.93 bits per heavy atom. The number of carbonyl (C=O) groups is 1. The van der Waals surface area contributed by atoms with Crippen molar-refractivity contribution in [1.29, 1.82) is 5.26 Å². The Bertz CT molecular complexity index is 453. The van der Waals surface area contributed by atoms with Gasteiger partial charge in [0, 0.05) is 0 Å². The van der Waals surface area contributed by atoms with Crippen LogP contribution < -0.4 is 4.90 Å². The van der Waals surface area contributed by atoms with Crippen molar-refractivity contribution in [2.45, 2.75) is 0 Å². The molecule has 1 aromatic rings. The van der Waals surface area contributed by atoms with Crippen LogP contribution in [0.15, 0.2) is 18.2 Å². The van der Waals surface area contributed by atoms with Gasteiger partial charge < -0.3 is 4.74 Å². The van der Waals surface area contributed by atoms with Crippen LogP contribution in [0.4, 0.5) is 14.9 Å². The number of benzene rings is 1. The van der Waals surface area contributed by atoms with E-state index < -0.39 is 11.9 Å². The zero-order valence-corrected chi connectivity index (χ0v) is 7.74. The number of anilines is 1. The van der Waals surface area contributed by atoms with E-state index in [-0.39, 0.29) is 17.9 Å². The molecule has 1 fully saturated rings. The van der Waals surface area contributed by atoms with Crippen molar-refractivity contribution >= 4 is 11.8 Å². The molecule has 0 aromatic heterocycles. The Morgan fingerprint density at radius 2 is 2.33 bits per heavy atom. The molecule has 0 saturated carbocycles. The molecule has 0 bridgehead atoms. The molecule has 4 nitrogen and oxygen atoms in total. The van der Waals surface area contributed by atoms with Crippen LogP contribution in [0, 0.1) is 17.1 Å². The van der Waals surface area contributed by atoms with Gasteiger partial charge in [0.25, 0.3) is 0 Å². The van der Waals surface area contributed by atoms with Crippen molar-refractivity contribution < 1.29 is 13.9 Å². The molecule has 76 valence electrons. The molecule has 5 heteroatoms. The average Bonchev–Trinajstić information content (AvgIpc) is 2.64. The van der Waals surface area contributed by atoms with Gasteiger partial charge in [0.2, 0.25) is 0 Å². The van der Waals surface area contributed by atoms with Crippen molar-refractivity contribution in [3.8, 4) is 6.07 Å². The molecule has 0 aliphatic carbocycles. The number of rotatable bonds is 1. The lowest BCUT2D eigenvalue weighted by molar-refractivity contribution is 0.181. The summed E-state index contributed by atoms with van der Waals surface area (Å²) in [5.74, 6) is -0.483. The van der Waals surface area contributed by atoms with E-state index in [0.29, 0.717) is 6.54 Å². The summed E-state index contributed by atoms with van der Waals surface area (Å²) in [4.78, 5) is 12.5. The summed E-state index contributed by atoms with van der Waals surface area (Å²) in [6.45, 7) is 0.608. The first-order valence-corrected chi connectivity index (χ1v) is 4.36. The molecule has 2 rings (SSSR count). The fourth-order valence-electron chi connectivity index (χ4n) is 1.43. The lowest BCUT2D eigenvalue weighted by Crippen LogP contribution is -2.24. The van der Waals surface area contributed by atoms with E-state index in [4.69, 9.17) is 10.00 Å². The highest BCUT2D eigenvalue weighted by molar-refractivity contribution is 5.90. The lowest BCUT2D eigenvalue weighted by atomic mass is 10.2. The fraction of sp³-hybridized carbons (Fsp3) is 0.200. The number of ether oxygens (including phenoxy) is 1. The Balaban J connectivity index is 2.46. The van der Waals surface area contributed by atoms with Crippen molar-refractivity contribution in [2.24, 2.45) is 0 Å². The van der Waals surface area contributed by atoms with Gasteiger partial charge in [0.05, 0.1) is 17.8 Å². The summed E-state index contributed by atoms with van der Waals surface area (Å²) in [7, 11) is 0. The molecule has 15 heavy (non-hydrogen) atoms. The average molecular weight is 206 g/mol. The van der Waals surface area contributed by atoms with Gasteiger partial charge in [-0.15, -0.1) is 0 Å². The third-order valence-electron chi connectivity index (χ3n) is 2.13. The molecule has 1 aromatic carbocycles. The van der Waals surface area contributed by atoms with E-state index in [9.17, 15) is 9.18 Å². The number of halogens is 1. The van der Waals surface area contributed by atoms with Gasteiger partial charge in [-0.25, -0.2) is 9.18 Å². The van der Waals surface area contributed by atoms with Gasteiger partial charge in [-0.3, -0.25) is 4.90 Å². The van der Waals surface area contributed by atoms with E-state index in [1.165, 1.54) is 17.0 Å². The Kier molecular flexibility index (Phi) is 2.26. The zero-order valence-electron chi connectivity index (χ0n) is 7.74. The largest absolute Gasteiger partial charge is 0.447 e. The molecule has 1 aliphatic heterocycles. The predicted octanol–water partition coefficient (Wildman–Crippen LogP) is 1.65. The van der Waals surface area contributed by atoms with Gasteiger partial charge >= 0.3 is 6.09 Å². The maximum atomic E-state index is 13.0. The van der Waals surface area contributed by atoms with E-state index in [1.807, 2.05) is 6.07 Å². The molecular weight excluding hydrogens is 199 g/mol. The maximum absolute atomic E-state index is 13.0. The maximum Gasteiger partial charge on any atom is 0.414 e. The van der Waals surface area contributed by atoms with E-state index in [1.54, 1.807) is 0 Å². The molecule has 0 atom stereocenters. The second kappa shape index (κ2) is 3.58. The lowest BCUT2D eigenvalue weighted by Gasteiger charge is -2.13. The molecular formula is C10H7FN2O2. The zero-order chi connectivity index (χ0) is 10.8. The van der Waals surface area contributed by atoms with Crippen LogP contribution in [0.5, 0.6) is 0 Å².